The molecule has 1 rings (SSSR count). The maximum absolute atomic E-state index is 13.5. The molecule has 0 radical (unpaired) electrons. The number of halogens is 2. The lowest BCUT2D eigenvalue weighted by Crippen LogP contribution is -2.13. The fourth-order valence-corrected chi connectivity index (χ4v) is 1.63. The normalized spacial score (nSPS) is 12.5. The first-order chi connectivity index (χ1) is 7.97. The maximum atomic E-state index is 13.5. The number of ether oxygens (including phenoxy) is 1. The Morgan fingerprint density at radius 3 is 2.59 bits per heavy atom. The van der Waals surface area contributed by atoms with Gasteiger partial charge in [-0.1, -0.05) is 13.0 Å². The van der Waals surface area contributed by atoms with Gasteiger partial charge < -0.3 is 4.74 Å². The van der Waals surface area contributed by atoms with Crippen molar-refractivity contribution in [3.63, 3.8) is 0 Å². The zero-order valence-corrected chi connectivity index (χ0v) is 10.2. The van der Waals surface area contributed by atoms with Gasteiger partial charge in [0.1, 0.15) is 0 Å². The summed E-state index contributed by atoms with van der Waals surface area (Å²) in [6, 6.07) is 2.74. The number of aryl methyl sites for hydroxylation is 1. The van der Waals surface area contributed by atoms with Crippen LogP contribution in [0.15, 0.2) is 12.1 Å². The molecule has 1 atom stereocenters. The molecule has 0 aliphatic rings. The van der Waals surface area contributed by atoms with Gasteiger partial charge in [0.05, 0.1) is 5.56 Å². The lowest BCUT2D eigenvalue weighted by Gasteiger charge is -2.10. The first kappa shape index (κ1) is 13.8. The highest BCUT2D eigenvalue weighted by atomic mass is 19.2. The minimum absolute atomic E-state index is 0.0173. The standard InChI is InChI=1S/C13H16F2O2/c1-8(7-17-3)6-11(16)10-5-4-9(2)12(14)13(10)15/h4-5,8H,6-7H2,1-3H3. The Labute approximate surface area is 99.6 Å². The van der Waals surface area contributed by atoms with Crippen LogP contribution in [0.4, 0.5) is 8.78 Å². The lowest BCUT2D eigenvalue weighted by atomic mass is 9.99. The predicted octanol–water partition coefficient (Wildman–Crippen LogP) is 3.13. The van der Waals surface area contributed by atoms with Crippen LogP contribution in [0.1, 0.15) is 29.3 Å². The molecule has 17 heavy (non-hydrogen) atoms. The third-order valence-corrected chi connectivity index (χ3v) is 2.56. The van der Waals surface area contributed by atoms with Crippen molar-refractivity contribution in [1.29, 1.82) is 0 Å². The molecular formula is C13H16F2O2. The quantitative estimate of drug-likeness (QED) is 0.741. The number of rotatable bonds is 5. The van der Waals surface area contributed by atoms with E-state index in [0.717, 1.165) is 0 Å². The highest BCUT2D eigenvalue weighted by Gasteiger charge is 2.18. The van der Waals surface area contributed by atoms with Crippen LogP contribution in [-0.4, -0.2) is 19.5 Å². The van der Waals surface area contributed by atoms with Crippen molar-refractivity contribution in [2.45, 2.75) is 20.3 Å². The smallest absolute Gasteiger partial charge is 0.169 e. The predicted molar refractivity (Wildman–Crippen MR) is 61.1 cm³/mol. The maximum Gasteiger partial charge on any atom is 0.169 e. The molecule has 1 aromatic carbocycles. The molecule has 1 unspecified atom stereocenters. The van der Waals surface area contributed by atoms with Gasteiger partial charge in [0.15, 0.2) is 17.4 Å². The summed E-state index contributed by atoms with van der Waals surface area (Å²) in [7, 11) is 1.53. The average molecular weight is 242 g/mol. The number of methoxy groups -OCH3 is 1. The molecule has 94 valence electrons. The monoisotopic (exact) mass is 242 g/mol. The number of carbonyl (C=O) groups is 1. The lowest BCUT2D eigenvalue weighted by molar-refractivity contribution is 0.0915. The van der Waals surface area contributed by atoms with Gasteiger partial charge in [-0.3, -0.25) is 4.79 Å². The van der Waals surface area contributed by atoms with E-state index in [1.165, 1.54) is 26.2 Å². The number of hydrogen-bond acceptors (Lipinski definition) is 2. The Bertz CT molecular complexity index is 416. The van der Waals surface area contributed by atoms with Crippen LogP contribution in [-0.2, 0) is 4.74 Å². The van der Waals surface area contributed by atoms with Crippen LogP contribution in [0.2, 0.25) is 0 Å². The number of ketones is 1. The van der Waals surface area contributed by atoms with Crippen molar-refractivity contribution in [1.82, 2.24) is 0 Å². The van der Waals surface area contributed by atoms with Crippen molar-refractivity contribution >= 4 is 5.78 Å². The minimum atomic E-state index is -1.06. The Hall–Kier alpha value is -1.29. The third kappa shape index (κ3) is 3.33. The molecule has 2 nitrogen and oxygen atoms in total. The van der Waals surface area contributed by atoms with E-state index in [1.807, 2.05) is 6.92 Å². The molecule has 4 heteroatoms. The Kier molecular flexibility index (Phi) is 4.75. The Morgan fingerprint density at radius 1 is 1.35 bits per heavy atom. The largest absolute Gasteiger partial charge is 0.384 e. The highest BCUT2D eigenvalue weighted by Crippen LogP contribution is 2.18. The second kappa shape index (κ2) is 5.87. The van der Waals surface area contributed by atoms with Crippen LogP contribution in [0, 0.1) is 24.5 Å². The molecule has 0 bridgehead atoms. The van der Waals surface area contributed by atoms with Crippen molar-refractivity contribution in [2.75, 3.05) is 13.7 Å². The zero-order valence-electron chi connectivity index (χ0n) is 10.2. The van der Waals surface area contributed by atoms with Gasteiger partial charge in [-0.15, -0.1) is 0 Å². The summed E-state index contributed by atoms with van der Waals surface area (Å²) in [5.41, 5.74) is 0.0139. The second-order valence-electron chi connectivity index (χ2n) is 4.25. The number of benzene rings is 1. The highest BCUT2D eigenvalue weighted by molar-refractivity contribution is 5.96. The van der Waals surface area contributed by atoms with E-state index in [-0.39, 0.29) is 23.5 Å². The molecule has 1 aromatic rings. The van der Waals surface area contributed by atoms with E-state index in [2.05, 4.69) is 0 Å². The Balaban J connectivity index is 2.86. The van der Waals surface area contributed by atoms with Crippen molar-refractivity contribution < 1.29 is 18.3 Å². The van der Waals surface area contributed by atoms with Crippen LogP contribution >= 0.6 is 0 Å². The molecule has 0 spiro atoms. The first-order valence-corrected chi connectivity index (χ1v) is 5.44. The minimum Gasteiger partial charge on any atom is -0.384 e. The summed E-state index contributed by atoms with van der Waals surface area (Å²) in [6.45, 7) is 3.70. The van der Waals surface area contributed by atoms with Crippen LogP contribution in [0.5, 0.6) is 0 Å². The summed E-state index contributed by atoms with van der Waals surface area (Å²) in [5, 5.41) is 0. The van der Waals surface area contributed by atoms with Gasteiger partial charge in [-0.25, -0.2) is 8.78 Å². The van der Waals surface area contributed by atoms with Gasteiger partial charge in [0.2, 0.25) is 0 Å². The van der Waals surface area contributed by atoms with Crippen LogP contribution < -0.4 is 0 Å². The van der Waals surface area contributed by atoms with Crippen molar-refractivity contribution in [2.24, 2.45) is 5.92 Å². The van der Waals surface area contributed by atoms with E-state index < -0.39 is 17.4 Å². The fraction of sp³-hybridized carbons (Fsp3) is 0.462. The molecule has 0 saturated heterocycles. The fourth-order valence-electron chi connectivity index (χ4n) is 1.63. The molecule has 0 N–H and O–H groups in total. The zero-order chi connectivity index (χ0) is 13.0. The SMILES string of the molecule is COCC(C)CC(=O)c1ccc(C)c(F)c1F. The summed E-state index contributed by atoms with van der Waals surface area (Å²) in [6.07, 6.45) is 0.146. The summed E-state index contributed by atoms with van der Waals surface area (Å²) < 4.78 is 31.7. The molecule has 0 aliphatic carbocycles. The topological polar surface area (TPSA) is 26.3 Å². The van der Waals surface area contributed by atoms with Crippen LogP contribution in [0.25, 0.3) is 0 Å². The van der Waals surface area contributed by atoms with E-state index in [0.29, 0.717) is 6.61 Å². The molecule has 0 aromatic heterocycles. The molecule has 0 aliphatic heterocycles. The second-order valence-corrected chi connectivity index (χ2v) is 4.25. The average Bonchev–Trinajstić information content (AvgIpc) is 2.26. The van der Waals surface area contributed by atoms with E-state index in [4.69, 9.17) is 4.74 Å². The van der Waals surface area contributed by atoms with E-state index >= 15 is 0 Å². The van der Waals surface area contributed by atoms with Gasteiger partial charge in [0, 0.05) is 20.1 Å². The summed E-state index contributed by atoms with van der Waals surface area (Å²) >= 11 is 0. The van der Waals surface area contributed by atoms with Crippen molar-refractivity contribution in [3.8, 4) is 0 Å². The van der Waals surface area contributed by atoms with Gasteiger partial charge >= 0.3 is 0 Å². The van der Waals surface area contributed by atoms with Crippen molar-refractivity contribution in [3.05, 3.63) is 34.9 Å². The Morgan fingerprint density at radius 2 is 2.00 bits per heavy atom. The van der Waals surface area contributed by atoms with Gasteiger partial charge in [0.25, 0.3) is 0 Å². The molecule has 0 amide bonds. The van der Waals surface area contributed by atoms with E-state index in [1.54, 1.807) is 0 Å². The molecule has 0 fully saturated rings. The van der Waals surface area contributed by atoms with Crippen LogP contribution in [0.3, 0.4) is 0 Å². The number of Topliss-reactive ketones (excluding diaryl/α,β-unsaturated/α-hetero) is 1. The summed E-state index contributed by atoms with van der Waals surface area (Å²) in [4.78, 5) is 11.8. The number of hydrogen-bond donors (Lipinski definition) is 0. The first-order valence-electron chi connectivity index (χ1n) is 5.44. The summed E-state index contributed by atoms with van der Waals surface area (Å²) in [5.74, 6) is -2.42. The van der Waals surface area contributed by atoms with E-state index in [9.17, 15) is 13.6 Å². The molecular weight excluding hydrogens is 226 g/mol. The van der Waals surface area contributed by atoms with Gasteiger partial charge in [-0.05, 0) is 24.5 Å². The third-order valence-electron chi connectivity index (χ3n) is 2.56. The molecule has 0 heterocycles. The van der Waals surface area contributed by atoms with Gasteiger partial charge in [-0.2, -0.15) is 0 Å². The number of carbonyl (C=O) groups excluding carboxylic acids is 1. The molecule has 0 saturated carbocycles.